The number of aliphatic hydroxyl groups is 3. The van der Waals surface area contributed by atoms with Crippen molar-refractivity contribution in [2.75, 3.05) is 6.61 Å². The van der Waals surface area contributed by atoms with Crippen LogP contribution in [0.3, 0.4) is 0 Å². The van der Waals surface area contributed by atoms with Gasteiger partial charge in [-0.3, -0.25) is 14.4 Å². The largest absolute Gasteiger partial charge is 0.481 e. The molecule has 0 unspecified atom stereocenters. The van der Waals surface area contributed by atoms with Crippen LogP contribution in [0.2, 0.25) is 0 Å². The molecular weight excluding hydrogens is 370 g/mol. The van der Waals surface area contributed by atoms with Gasteiger partial charge in [-0.05, 0) is 18.9 Å². The first kappa shape index (κ1) is 23.5. The highest BCUT2D eigenvalue weighted by Gasteiger charge is 2.30. The second kappa shape index (κ2) is 11.3. The molecule has 156 valence electrons. The molecule has 0 saturated carbocycles. The van der Waals surface area contributed by atoms with Crippen molar-refractivity contribution in [2.24, 2.45) is 5.73 Å². The van der Waals surface area contributed by atoms with Gasteiger partial charge in [0.2, 0.25) is 5.91 Å². The van der Waals surface area contributed by atoms with Crippen molar-refractivity contribution in [1.82, 2.24) is 10.6 Å². The van der Waals surface area contributed by atoms with Gasteiger partial charge in [-0.25, -0.2) is 0 Å². The predicted molar refractivity (Wildman–Crippen MR) is 98.9 cm³/mol. The first-order valence-corrected chi connectivity index (χ1v) is 8.75. The summed E-state index contributed by atoms with van der Waals surface area (Å²) in [5, 5.41) is 43.3. The molecule has 1 aromatic carbocycles. The minimum absolute atomic E-state index is 0.307. The monoisotopic (exact) mass is 397 g/mol. The molecule has 1 aromatic rings. The number of carboxylic acids is 1. The van der Waals surface area contributed by atoms with E-state index in [0.717, 1.165) is 0 Å². The molecule has 8 N–H and O–H groups in total. The molecule has 0 aliphatic heterocycles. The zero-order valence-electron chi connectivity index (χ0n) is 15.5. The van der Waals surface area contributed by atoms with Crippen molar-refractivity contribution in [2.45, 2.75) is 50.1 Å². The molecule has 0 aliphatic carbocycles. The fraction of sp³-hybridized carbons (Fsp3) is 0.500. The van der Waals surface area contributed by atoms with Crippen molar-refractivity contribution >= 4 is 17.8 Å². The first-order valence-electron chi connectivity index (χ1n) is 8.75. The minimum atomic E-state index is -1.89. The highest BCUT2D eigenvalue weighted by Crippen LogP contribution is 2.17. The number of benzene rings is 1. The van der Waals surface area contributed by atoms with E-state index in [1.165, 1.54) is 6.92 Å². The molecule has 0 aliphatic rings. The summed E-state index contributed by atoms with van der Waals surface area (Å²) in [6.45, 7) is 0.907. The Bertz CT molecular complexity index is 654. The summed E-state index contributed by atoms with van der Waals surface area (Å²) in [5.41, 5.74) is 5.94. The lowest BCUT2D eigenvalue weighted by molar-refractivity contribution is -0.139. The Hall–Kier alpha value is -2.53. The van der Waals surface area contributed by atoms with E-state index in [1.54, 1.807) is 30.3 Å². The van der Waals surface area contributed by atoms with Gasteiger partial charge in [0.15, 0.2) is 6.10 Å². The van der Waals surface area contributed by atoms with E-state index in [1.807, 2.05) is 0 Å². The van der Waals surface area contributed by atoms with E-state index in [-0.39, 0.29) is 6.42 Å². The Morgan fingerprint density at radius 1 is 1.07 bits per heavy atom. The van der Waals surface area contributed by atoms with Gasteiger partial charge in [0.1, 0.15) is 0 Å². The third-order valence-corrected chi connectivity index (χ3v) is 4.04. The number of carboxylic acid groups (broad SMARTS) is 1. The average Bonchev–Trinajstić information content (AvgIpc) is 2.66. The lowest BCUT2D eigenvalue weighted by Gasteiger charge is -2.25. The van der Waals surface area contributed by atoms with Crippen LogP contribution in [0.1, 0.15) is 31.4 Å². The maximum atomic E-state index is 12.3. The van der Waals surface area contributed by atoms with Gasteiger partial charge in [0.05, 0.1) is 37.3 Å². The number of hydrogen-bond acceptors (Lipinski definition) is 7. The SMILES string of the molecule is C[C@H](N)C(=O)N[C@@H](CO)C[C@@H](O)[C@H](O)C(=O)N[C@@H](CC(=O)O)c1ccccc1. The molecule has 0 aromatic heterocycles. The summed E-state index contributed by atoms with van der Waals surface area (Å²) in [7, 11) is 0. The molecule has 0 bridgehead atoms. The van der Waals surface area contributed by atoms with E-state index >= 15 is 0 Å². The fourth-order valence-corrected chi connectivity index (χ4v) is 2.48. The summed E-state index contributed by atoms with van der Waals surface area (Å²) in [6.07, 6.45) is -4.21. The van der Waals surface area contributed by atoms with Crippen molar-refractivity contribution in [3.05, 3.63) is 35.9 Å². The van der Waals surface area contributed by atoms with Crippen molar-refractivity contribution in [1.29, 1.82) is 0 Å². The first-order chi connectivity index (χ1) is 13.1. The van der Waals surface area contributed by atoms with Crippen LogP contribution < -0.4 is 16.4 Å². The topological polar surface area (TPSA) is 182 Å². The number of hydrogen-bond donors (Lipinski definition) is 7. The normalized spacial score (nSPS) is 16.3. The zero-order valence-corrected chi connectivity index (χ0v) is 15.5. The van der Waals surface area contributed by atoms with Gasteiger partial charge in [0, 0.05) is 0 Å². The van der Waals surface area contributed by atoms with Gasteiger partial charge in [-0.1, -0.05) is 30.3 Å². The van der Waals surface area contributed by atoms with Crippen LogP contribution >= 0.6 is 0 Å². The van der Waals surface area contributed by atoms with Gasteiger partial charge in [-0.2, -0.15) is 0 Å². The van der Waals surface area contributed by atoms with E-state index in [4.69, 9.17) is 10.8 Å². The Kier molecular flexibility index (Phi) is 9.52. The number of carbonyl (C=O) groups is 3. The van der Waals surface area contributed by atoms with Gasteiger partial charge < -0.3 is 36.8 Å². The van der Waals surface area contributed by atoms with E-state index in [2.05, 4.69) is 10.6 Å². The highest BCUT2D eigenvalue weighted by molar-refractivity contribution is 5.82. The van der Waals surface area contributed by atoms with Gasteiger partial charge in [-0.15, -0.1) is 0 Å². The number of nitrogens with one attached hydrogen (secondary N) is 2. The molecule has 0 saturated heterocycles. The Morgan fingerprint density at radius 2 is 1.68 bits per heavy atom. The molecule has 0 radical (unpaired) electrons. The lowest BCUT2D eigenvalue weighted by atomic mass is 10.0. The molecule has 0 heterocycles. The lowest BCUT2D eigenvalue weighted by Crippen LogP contribution is -2.50. The molecule has 0 fully saturated rings. The quantitative estimate of drug-likeness (QED) is 0.229. The summed E-state index contributed by atoms with van der Waals surface area (Å²) < 4.78 is 0. The molecule has 1 rings (SSSR count). The Morgan fingerprint density at radius 3 is 2.18 bits per heavy atom. The van der Waals surface area contributed by atoms with Crippen LogP contribution in [0.25, 0.3) is 0 Å². The summed E-state index contributed by atoms with van der Waals surface area (Å²) >= 11 is 0. The van der Waals surface area contributed by atoms with Crippen molar-refractivity contribution in [3.8, 4) is 0 Å². The van der Waals surface area contributed by atoms with Crippen LogP contribution in [-0.2, 0) is 14.4 Å². The number of rotatable bonds is 11. The fourth-order valence-electron chi connectivity index (χ4n) is 2.48. The molecule has 10 nitrogen and oxygen atoms in total. The summed E-state index contributed by atoms with van der Waals surface area (Å²) in [5.74, 6) is -2.68. The van der Waals surface area contributed by atoms with E-state index in [0.29, 0.717) is 5.56 Å². The Balaban J connectivity index is 2.74. The van der Waals surface area contributed by atoms with E-state index in [9.17, 15) is 29.7 Å². The third kappa shape index (κ3) is 7.61. The maximum absolute atomic E-state index is 12.3. The van der Waals surface area contributed by atoms with Crippen molar-refractivity contribution < 1.29 is 34.8 Å². The van der Waals surface area contributed by atoms with Crippen LogP contribution in [0.4, 0.5) is 0 Å². The molecule has 5 atom stereocenters. The molecule has 2 amide bonds. The van der Waals surface area contributed by atoms with Gasteiger partial charge >= 0.3 is 5.97 Å². The summed E-state index contributed by atoms with van der Waals surface area (Å²) in [6, 6.07) is 5.68. The average molecular weight is 397 g/mol. The summed E-state index contributed by atoms with van der Waals surface area (Å²) in [4.78, 5) is 34.9. The minimum Gasteiger partial charge on any atom is -0.481 e. The second-order valence-electron chi connectivity index (χ2n) is 6.49. The number of aliphatic carboxylic acids is 1. The number of carbonyl (C=O) groups excluding carboxylic acids is 2. The van der Waals surface area contributed by atoms with Crippen LogP contribution in [0.5, 0.6) is 0 Å². The van der Waals surface area contributed by atoms with Crippen LogP contribution in [-0.4, -0.2) is 69.1 Å². The molecule has 0 spiro atoms. The Labute approximate surface area is 162 Å². The molecular formula is C18H27N3O7. The third-order valence-electron chi connectivity index (χ3n) is 4.04. The van der Waals surface area contributed by atoms with Crippen LogP contribution in [0, 0.1) is 0 Å². The van der Waals surface area contributed by atoms with Gasteiger partial charge in [0.25, 0.3) is 5.91 Å². The highest BCUT2D eigenvalue weighted by atomic mass is 16.4. The smallest absolute Gasteiger partial charge is 0.305 e. The van der Waals surface area contributed by atoms with Crippen molar-refractivity contribution in [3.63, 3.8) is 0 Å². The maximum Gasteiger partial charge on any atom is 0.305 e. The van der Waals surface area contributed by atoms with E-state index < -0.39 is 61.1 Å². The second-order valence-corrected chi connectivity index (χ2v) is 6.49. The number of nitrogens with two attached hydrogens (primary N) is 1. The predicted octanol–water partition coefficient (Wildman–Crippen LogP) is -1.75. The zero-order chi connectivity index (χ0) is 21.3. The van der Waals surface area contributed by atoms with Crippen LogP contribution in [0.15, 0.2) is 30.3 Å². The molecule has 28 heavy (non-hydrogen) atoms. The molecule has 10 heteroatoms. The number of aliphatic hydroxyl groups excluding tert-OH is 3. The standard InChI is InChI=1S/C18H27N3O7/c1-10(19)17(27)20-12(9-22)7-14(23)16(26)18(28)21-13(8-15(24)25)11-5-3-2-4-6-11/h2-6,10,12-14,16,22-23,26H,7-9,19H2,1H3,(H,20,27)(H,21,28)(H,24,25)/t10-,12+,13-,14+,16-/m0/s1. The number of amides is 2.